The van der Waals surface area contributed by atoms with Crippen LogP contribution in [0.2, 0.25) is 0 Å². The van der Waals surface area contributed by atoms with Crippen molar-refractivity contribution in [3.05, 3.63) is 73.3 Å². The van der Waals surface area contributed by atoms with Crippen LogP contribution in [-0.4, -0.2) is 25.5 Å². The predicted octanol–water partition coefficient (Wildman–Crippen LogP) is 6.69. The minimum absolute atomic E-state index is 0.0261. The molecule has 3 aromatic carbocycles. The summed E-state index contributed by atoms with van der Waals surface area (Å²) < 4.78 is 21.3. The van der Waals surface area contributed by atoms with Gasteiger partial charge in [-0.25, -0.2) is 9.59 Å². The number of carbonyl (C=O) groups excluding carboxylic acids is 2. The SMILES string of the molecule is C=CCOC(=O)Oc1c2ccccc2c(OC(=O)OCC=C)c2cc(C(C)(C)C)ccc12. The zero-order chi connectivity index (χ0) is 23.3. The van der Waals surface area contributed by atoms with Crippen LogP contribution < -0.4 is 9.47 Å². The first-order valence-electron chi connectivity index (χ1n) is 10.2. The summed E-state index contributed by atoms with van der Waals surface area (Å²) in [5, 5.41) is 2.38. The first-order valence-corrected chi connectivity index (χ1v) is 10.2. The summed E-state index contributed by atoms with van der Waals surface area (Å²) in [6.07, 6.45) is 1.21. The molecule has 0 N–H and O–H groups in total. The number of hydrogen-bond donors (Lipinski definition) is 0. The Hall–Kier alpha value is -3.80. The van der Waals surface area contributed by atoms with E-state index in [1.54, 1.807) is 18.2 Å². The maximum atomic E-state index is 12.3. The van der Waals surface area contributed by atoms with Crippen molar-refractivity contribution in [3.63, 3.8) is 0 Å². The summed E-state index contributed by atoms with van der Waals surface area (Å²) in [6.45, 7) is 13.4. The third-order valence-corrected chi connectivity index (χ3v) is 4.80. The third kappa shape index (κ3) is 4.91. The molecule has 0 aliphatic heterocycles. The van der Waals surface area contributed by atoms with Gasteiger partial charge in [0, 0.05) is 21.5 Å². The van der Waals surface area contributed by atoms with Crippen LogP contribution >= 0.6 is 0 Å². The van der Waals surface area contributed by atoms with Gasteiger partial charge in [-0.3, -0.25) is 0 Å². The van der Waals surface area contributed by atoms with Gasteiger partial charge in [-0.1, -0.05) is 82.5 Å². The number of benzene rings is 3. The van der Waals surface area contributed by atoms with Crippen molar-refractivity contribution in [3.8, 4) is 11.5 Å². The molecule has 3 rings (SSSR count). The quantitative estimate of drug-likeness (QED) is 0.186. The first-order chi connectivity index (χ1) is 15.3. The smallest absolute Gasteiger partial charge is 0.430 e. The zero-order valence-corrected chi connectivity index (χ0v) is 18.5. The lowest BCUT2D eigenvalue weighted by Crippen LogP contribution is -2.14. The van der Waals surface area contributed by atoms with Crippen LogP contribution in [0.3, 0.4) is 0 Å². The van der Waals surface area contributed by atoms with E-state index in [1.807, 2.05) is 24.3 Å². The van der Waals surface area contributed by atoms with Gasteiger partial charge in [-0.05, 0) is 17.0 Å². The Morgan fingerprint density at radius 2 is 1.25 bits per heavy atom. The number of fused-ring (bicyclic) bond motifs is 2. The predicted molar refractivity (Wildman–Crippen MR) is 125 cm³/mol. The summed E-state index contributed by atoms with van der Waals surface area (Å²) in [7, 11) is 0. The Labute approximate surface area is 187 Å². The van der Waals surface area contributed by atoms with E-state index in [1.165, 1.54) is 12.2 Å². The van der Waals surface area contributed by atoms with Crippen molar-refractivity contribution in [2.45, 2.75) is 26.2 Å². The second-order valence-electron chi connectivity index (χ2n) is 8.12. The molecule has 6 heteroatoms. The maximum absolute atomic E-state index is 12.3. The summed E-state index contributed by atoms with van der Waals surface area (Å²) >= 11 is 0. The lowest BCUT2D eigenvalue weighted by atomic mass is 9.85. The molecule has 0 aromatic heterocycles. The fraction of sp³-hybridized carbons (Fsp3) is 0.231. The van der Waals surface area contributed by atoms with Crippen molar-refractivity contribution in [2.24, 2.45) is 0 Å². The fourth-order valence-corrected chi connectivity index (χ4v) is 3.27. The average molecular weight is 434 g/mol. The molecule has 0 aliphatic rings. The third-order valence-electron chi connectivity index (χ3n) is 4.80. The van der Waals surface area contributed by atoms with Crippen molar-refractivity contribution >= 4 is 33.9 Å². The topological polar surface area (TPSA) is 71.1 Å². The van der Waals surface area contributed by atoms with Gasteiger partial charge in [0.1, 0.15) is 24.7 Å². The summed E-state index contributed by atoms with van der Waals surface area (Å²) in [5.74, 6) is 0.638. The number of ether oxygens (including phenoxy) is 4. The van der Waals surface area contributed by atoms with E-state index < -0.39 is 12.3 Å². The fourth-order valence-electron chi connectivity index (χ4n) is 3.27. The molecule has 0 spiro atoms. The normalized spacial score (nSPS) is 11.1. The lowest BCUT2D eigenvalue weighted by Gasteiger charge is -2.21. The van der Waals surface area contributed by atoms with Crippen LogP contribution in [0.1, 0.15) is 26.3 Å². The Morgan fingerprint density at radius 1 is 0.781 bits per heavy atom. The van der Waals surface area contributed by atoms with E-state index in [2.05, 4.69) is 33.9 Å². The minimum atomic E-state index is -0.852. The van der Waals surface area contributed by atoms with Gasteiger partial charge in [0.25, 0.3) is 0 Å². The van der Waals surface area contributed by atoms with Gasteiger partial charge in [0.2, 0.25) is 0 Å². The number of hydrogen-bond acceptors (Lipinski definition) is 6. The van der Waals surface area contributed by atoms with Crippen LogP contribution in [0.25, 0.3) is 21.5 Å². The molecule has 0 heterocycles. The van der Waals surface area contributed by atoms with Gasteiger partial charge in [0.05, 0.1) is 0 Å². The van der Waals surface area contributed by atoms with Gasteiger partial charge >= 0.3 is 12.3 Å². The monoisotopic (exact) mass is 434 g/mol. The molecule has 0 aliphatic carbocycles. The highest BCUT2D eigenvalue weighted by atomic mass is 16.7. The molecule has 0 radical (unpaired) electrons. The van der Waals surface area contributed by atoms with E-state index >= 15 is 0 Å². The first kappa shape index (κ1) is 22.9. The molecule has 0 fully saturated rings. The van der Waals surface area contributed by atoms with Crippen LogP contribution in [0.5, 0.6) is 11.5 Å². The van der Waals surface area contributed by atoms with Crippen molar-refractivity contribution < 1.29 is 28.5 Å². The maximum Gasteiger partial charge on any atom is 0.514 e. The second kappa shape index (κ2) is 9.56. The lowest BCUT2D eigenvalue weighted by molar-refractivity contribution is 0.109. The van der Waals surface area contributed by atoms with E-state index in [0.29, 0.717) is 33.0 Å². The molecule has 0 unspecified atom stereocenters. The molecule has 6 nitrogen and oxygen atoms in total. The molecule has 0 amide bonds. The van der Waals surface area contributed by atoms with E-state index in [4.69, 9.17) is 18.9 Å². The molecule has 3 aromatic rings. The number of carbonyl (C=O) groups is 2. The molecular weight excluding hydrogens is 408 g/mol. The van der Waals surface area contributed by atoms with E-state index in [0.717, 1.165) is 5.56 Å². The summed E-state index contributed by atoms with van der Waals surface area (Å²) in [4.78, 5) is 24.6. The van der Waals surface area contributed by atoms with Crippen molar-refractivity contribution in [1.29, 1.82) is 0 Å². The Balaban J connectivity index is 2.28. The molecule has 32 heavy (non-hydrogen) atoms. The molecule has 0 saturated carbocycles. The zero-order valence-electron chi connectivity index (χ0n) is 18.5. The van der Waals surface area contributed by atoms with Gasteiger partial charge in [-0.15, -0.1) is 0 Å². The Kier molecular flexibility index (Phi) is 6.83. The largest absolute Gasteiger partial charge is 0.514 e. The van der Waals surface area contributed by atoms with Gasteiger partial charge in [-0.2, -0.15) is 0 Å². The Morgan fingerprint density at radius 3 is 1.72 bits per heavy atom. The van der Waals surface area contributed by atoms with E-state index in [-0.39, 0.29) is 18.6 Å². The molecule has 0 atom stereocenters. The standard InChI is InChI=1S/C26H26O6/c1-6-14-29-24(27)31-22-18-10-8-9-11-19(18)23(32-25(28)30-15-7-2)21-16-17(26(3,4)5)12-13-20(21)22/h6-13,16H,1-2,14-15H2,3-5H3. The van der Waals surface area contributed by atoms with Crippen LogP contribution in [0.15, 0.2) is 67.8 Å². The number of rotatable bonds is 6. The molecule has 0 saturated heterocycles. The van der Waals surface area contributed by atoms with Crippen LogP contribution in [0, 0.1) is 0 Å². The van der Waals surface area contributed by atoms with E-state index in [9.17, 15) is 9.59 Å². The average Bonchev–Trinajstić information content (AvgIpc) is 2.77. The molecule has 166 valence electrons. The van der Waals surface area contributed by atoms with Crippen LogP contribution in [-0.2, 0) is 14.9 Å². The van der Waals surface area contributed by atoms with Crippen molar-refractivity contribution in [1.82, 2.24) is 0 Å². The summed E-state index contributed by atoms with van der Waals surface area (Å²) in [5.41, 5.74) is 0.856. The highest BCUT2D eigenvalue weighted by Crippen LogP contribution is 2.44. The van der Waals surface area contributed by atoms with Gasteiger partial charge < -0.3 is 18.9 Å². The minimum Gasteiger partial charge on any atom is -0.430 e. The highest BCUT2D eigenvalue weighted by molar-refractivity contribution is 6.12. The summed E-state index contributed by atoms with van der Waals surface area (Å²) in [6, 6.07) is 12.9. The molecular formula is C26H26O6. The van der Waals surface area contributed by atoms with Crippen molar-refractivity contribution in [2.75, 3.05) is 13.2 Å². The Bertz CT molecular complexity index is 1190. The van der Waals surface area contributed by atoms with Crippen LogP contribution in [0.4, 0.5) is 9.59 Å². The second-order valence-corrected chi connectivity index (χ2v) is 8.12. The van der Waals surface area contributed by atoms with Gasteiger partial charge in [0.15, 0.2) is 0 Å². The highest BCUT2D eigenvalue weighted by Gasteiger charge is 2.23. The molecule has 0 bridgehead atoms.